The monoisotopic (exact) mass is 259 g/mol. The lowest BCUT2D eigenvalue weighted by atomic mass is 10.2. The van der Waals surface area contributed by atoms with E-state index in [-0.39, 0.29) is 6.10 Å². The molecule has 18 heavy (non-hydrogen) atoms. The third-order valence-electron chi connectivity index (χ3n) is 2.54. The van der Waals surface area contributed by atoms with E-state index in [0.717, 1.165) is 19.6 Å². The minimum absolute atomic E-state index is 0.0119. The van der Waals surface area contributed by atoms with Crippen LogP contribution in [-0.2, 0) is 9.47 Å². The molecule has 1 unspecified atom stereocenters. The maximum absolute atomic E-state index is 11.5. The number of ether oxygens (including phenoxy) is 2. The molecule has 0 bridgehead atoms. The first-order valence-corrected chi connectivity index (χ1v) is 6.41. The molecule has 1 aliphatic rings. The Balaban J connectivity index is 2.24. The Bertz CT molecular complexity index is 264. The maximum Gasteiger partial charge on any atom is 0.407 e. The second kappa shape index (κ2) is 6.92. The molecule has 1 fully saturated rings. The van der Waals surface area contributed by atoms with Crippen molar-refractivity contribution in [3.05, 3.63) is 0 Å². The quantitative estimate of drug-likeness (QED) is 0.752. The van der Waals surface area contributed by atoms with Crippen molar-refractivity contribution >= 4 is 6.09 Å². The van der Waals surface area contributed by atoms with Gasteiger partial charge in [0, 0.05) is 32.7 Å². The number of carbonyl (C=O) groups excluding carboxylic acids is 1. The van der Waals surface area contributed by atoms with Gasteiger partial charge in [-0.25, -0.2) is 4.79 Å². The van der Waals surface area contributed by atoms with Crippen molar-refractivity contribution in [2.45, 2.75) is 32.5 Å². The van der Waals surface area contributed by atoms with Crippen molar-refractivity contribution in [1.82, 2.24) is 10.2 Å². The zero-order valence-corrected chi connectivity index (χ0v) is 11.6. The van der Waals surface area contributed by atoms with Gasteiger partial charge in [0.05, 0.1) is 12.7 Å². The van der Waals surface area contributed by atoms with E-state index in [4.69, 9.17) is 15.2 Å². The molecule has 0 radical (unpaired) electrons. The number of carbonyl (C=O) groups is 1. The number of nitrogens with two attached hydrogens (primary N) is 1. The van der Waals surface area contributed by atoms with Crippen molar-refractivity contribution in [2.75, 3.05) is 39.3 Å². The summed E-state index contributed by atoms with van der Waals surface area (Å²) in [6.07, 6.45) is -0.389. The van der Waals surface area contributed by atoms with E-state index >= 15 is 0 Å². The van der Waals surface area contributed by atoms with Crippen LogP contribution in [0.4, 0.5) is 4.79 Å². The second-order valence-electron chi connectivity index (χ2n) is 5.46. The molecule has 6 nitrogen and oxygen atoms in total. The van der Waals surface area contributed by atoms with Crippen LogP contribution in [-0.4, -0.2) is 62.0 Å². The number of rotatable bonds is 4. The number of amides is 1. The normalized spacial score (nSPS) is 21.7. The SMILES string of the molecule is CC(C)(C)OC(=O)NCC1CN(CCN)CCO1. The Morgan fingerprint density at radius 3 is 2.89 bits per heavy atom. The van der Waals surface area contributed by atoms with E-state index in [1.54, 1.807) is 0 Å². The number of alkyl carbamates (subject to hydrolysis) is 1. The van der Waals surface area contributed by atoms with Gasteiger partial charge in [-0.05, 0) is 20.8 Å². The summed E-state index contributed by atoms with van der Waals surface area (Å²) in [5, 5.41) is 2.73. The third kappa shape index (κ3) is 6.18. The maximum atomic E-state index is 11.5. The molecule has 0 aliphatic carbocycles. The predicted molar refractivity (Wildman–Crippen MR) is 69.5 cm³/mol. The highest BCUT2D eigenvalue weighted by atomic mass is 16.6. The van der Waals surface area contributed by atoms with Crippen LogP contribution >= 0.6 is 0 Å². The molecule has 1 saturated heterocycles. The molecular formula is C12H25N3O3. The smallest absolute Gasteiger partial charge is 0.407 e. The van der Waals surface area contributed by atoms with Crippen molar-refractivity contribution in [2.24, 2.45) is 5.73 Å². The molecule has 1 amide bonds. The summed E-state index contributed by atoms with van der Waals surface area (Å²) in [5.41, 5.74) is 5.06. The lowest BCUT2D eigenvalue weighted by molar-refractivity contribution is -0.0275. The highest BCUT2D eigenvalue weighted by molar-refractivity contribution is 5.67. The number of morpholine rings is 1. The molecule has 1 atom stereocenters. The first-order chi connectivity index (χ1) is 8.40. The van der Waals surface area contributed by atoms with Crippen LogP contribution in [0.1, 0.15) is 20.8 Å². The third-order valence-corrected chi connectivity index (χ3v) is 2.54. The molecular weight excluding hydrogens is 234 g/mol. The van der Waals surface area contributed by atoms with E-state index in [2.05, 4.69) is 10.2 Å². The fraction of sp³-hybridized carbons (Fsp3) is 0.917. The van der Waals surface area contributed by atoms with E-state index in [9.17, 15) is 4.79 Å². The van der Waals surface area contributed by atoms with Gasteiger partial charge in [0.25, 0.3) is 0 Å². The Morgan fingerprint density at radius 1 is 1.56 bits per heavy atom. The van der Waals surface area contributed by atoms with E-state index in [0.29, 0.717) is 19.7 Å². The minimum atomic E-state index is -0.469. The molecule has 1 heterocycles. The fourth-order valence-corrected chi connectivity index (χ4v) is 1.80. The Hall–Kier alpha value is -0.850. The Kier molecular flexibility index (Phi) is 5.84. The van der Waals surface area contributed by atoms with Gasteiger partial charge in [-0.15, -0.1) is 0 Å². The van der Waals surface area contributed by atoms with Crippen LogP contribution in [0.3, 0.4) is 0 Å². The first kappa shape index (κ1) is 15.2. The molecule has 0 aromatic heterocycles. The van der Waals surface area contributed by atoms with E-state index < -0.39 is 11.7 Å². The molecule has 0 saturated carbocycles. The number of hydrogen-bond donors (Lipinski definition) is 2. The molecule has 3 N–H and O–H groups in total. The van der Waals surface area contributed by atoms with Gasteiger partial charge in [0.2, 0.25) is 0 Å². The van der Waals surface area contributed by atoms with Crippen molar-refractivity contribution in [1.29, 1.82) is 0 Å². The fourth-order valence-electron chi connectivity index (χ4n) is 1.80. The number of nitrogens with zero attached hydrogens (tertiary/aromatic N) is 1. The van der Waals surface area contributed by atoms with Crippen molar-refractivity contribution in [3.8, 4) is 0 Å². The molecule has 0 aromatic rings. The predicted octanol–water partition coefficient (Wildman–Crippen LogP) is 0.171. The van der Waals surface area contributed by atoms with Gasteiger partial charge in [-0.3, -0.25) is 4.90 Å². The molecule has 0 aromatic carbocycles. The second-order valence-corrected chi connectivity index (χ2v) is 5.46. The summed E-state index contributed by atoms with van der Waals surface area (Å²) in [6, 6.07) is 0. The van der Waals surface area contributed by atoms with Gasteiger partial charge in [-0.2, -0.15) is 0 Å². The minimum Gasteiger partial charge on any atom is -0.444 e. The number of nitrogens with one attached hydrogen (secondary N) is 1. The molecule has 0 spiro atoms. The van der Waals surface area contributed by atoms with Gasteiger partial charge in [0.15, 0.2) is 0 Å². The van der Waals surface area contributed by atoms with Crippen LogP contribution in [0.15, 0.2) is 0 Å². The first-order valence-electron chi connectivity index (χ1n) is 6.41. The van der Waals surface area contributed by atoms with Gasteiger partial charge < -0.3 is 20.5 Å². The molecule has 6 heteroatoms. The zero-order chi connectivity index (χ0) is 13.6. The lowest BCUT2D eigenvalue weighted by Crippen LogP contribution is -2.49. The molecule has 1 aliphatic heterocycles. The van der Waals surface area contributed by atoms with Crippen LogP contribution < -0.4 is 11.1 Å². The van der Waals surface area contributed by atoms with E-state index in [1.807, 2.05) is 20.8 Å². The Labute approximate surface area is 109 Å². The highest BCUT2D eigenvalue weighted by Crippen LogP contribution is 2.07. The summed E-state index contributed by atoms with van der Waals surface area (Å²) in [7, 11) is 0. The van der Waals surface area contributed by atoms with Crippen LogP contribution in [0.2, 0.25) is 0 Å². The summed E-state index contributed by atoms with van der Waals surface area (Å²) >= 11 is 0. The summed E-state index contributed by atoms with van der Waals surface area (Å²) in [6.45, 7) is 9.88. The standard InChI is InChI=1S/C12H25N3O3/c1-12(2,3)18-11(16)14-8-10-9-15(5-4-13)6-7-17-10/h10H,4-9,13H2,1-3H3,(H,14,16). The van der Waals surface area contributed by atoms with E-state index in [1.165, 1.54) is 0 Å². The Morgan fingerprint density at radius 2 is 2.28 bits per heavy atom. The average molecular weight is 259 g/mol. The van der Waals surface area contributed by atoms with Gasteiger partial charge in [-0.1, -0.05) is 0 Å². The van der Waals surface area contributed by atoms with Crippen LogP contribution in [0.25, 0.3) is 0 Å². The largest absolute Gasteiger partial charge is 0.444 e. The average Bonchev–Trinajstić information content (AvgIpc) is 2.25. The zero-order valence-electron chi connectivity index (χ0n) is 11.6. The van der Waals surface area contributed by atoms with Crippen LogP contribution in [0.5, 0.6) is 0 Å². The summed E-state index contributed by atoms with van der Waals surface area (Å²) < 4.78 is 10.7. The summed E-state index contributed by atoms with van der Waals surface area (Å²) in [5.74, 6) is 0. The van der Waals surface area contributed by atoms with Crippen LogP contribution in [0, 0.1) is 0 Å². The molecule has 106 valence electrons. The summed E-state index contributed by atoms with van der Waals surface area (Å²) in [4.78, 5) is 13.7. The topological polar surface area (TPSA) is 76.8 Å². The highest BCUT2D eigenvalue weighted by Gasteiger charge is 2.22. The van der Waals surface area contributed by atoms with Gasteiger partial charge in [0.1, 0.15) is 5.60 Å². The van der Waals surface area contributed by atoms with Crippen molar-refractivity contribution < 1.29 is 14.3 Å². The molecule has 1 rings (SSSR count). The van der Waals surface area contributed by atoms with Crippen molar-refractivity contribution in [3.63, 3.8) is 0 Å². The lowest BCUT2D eigenvalue weighted by Gasteiger charge is -2.32. The van der Waals surface area contributed by atoms with Gasteiger partial charge >= 0.3 is 6.09 Å². The number of hydrogen-bond acceptors (Lipinski definition) is 5.